The molecule has 0 saturated heterocycles. The highest BCUT2D eigenvalue weighted by Gasteiger charge is 2.31. The first-order valence-corrected chi connectivity index (χ1v) is 6.15. The lowest BCUT2D eigenvalue weighted by Gasteiger charge is -2.33. The molecule has 1 aromatic rings. The van der Waals surface area contributed by atoms with Crippen LogP contribution < -0.4 is 5.73 Å². The van der Waals surface area contributed by atoms with Gasteiger partial charge >= 0.3 is 0 Å². The highest BCUT2D eigenvalue weighted by atomic mass is 19.1. The van der Waals surface area contributed by atoms with E-state index in [0.29, 0.717) is 12.5 Å². The monoisotopic (exact) mass is 239 g/mol. The van der Waals surface area contributed by atoms with Crippen LogP contribution in [0.1, 0.15) is 32.3 Å². The number of hydrogen-bond acceptors (Lipinski definition) is 2. The Hall–Kier alpha value is -0.930. The zero-order valence-electron chi connectivity index (χ0n) is 10.6. The summed E-state index contributed by atoms with van der Waals surface area (Å²) in [5, 5.41) is 9.66. The highest BCUT2D eigenvalue weighted by molar-refractivity contribution is 5.27. The van der Waals surface area contributed by atoms with Crippen molar-refractivity contribution in [3.8, 4) is 0 Å². The fraction of sp³-hybridized carbons (Fsp3) is 0.571. The van der Waals surface area contributed by atoms with E-state index in [1.165, 1.54) is 12.1 Å². The van der Waals surface area contributed by atoms with E-state index in [2.05, 4.69) is 13.8 Å². The Morgan fingerprint density at radius 3 is 2.65 bits per heavy atom. The molecule has 0 aliphatic rings. The summed E-state index contributed by atoms with van der Waals surface area (Å²) in [4.78, 5) is 0. The molecule has 0 saturated carbocycles. The van der Waals surface area contributed by atoms with Gasteiger partial charge in [-0.1, -0.05) is 32.4 Å². The minimum absolute atomic E-state index is 0.0444. The number of aliphatic hydroxyl groups excluding tert-OH is 1. The van der Waals surface area contributed by atoms with E-state index in [1.54, 1.807) is 6.07 Å². The normalized spacial score (nSPS) is 16.5. The fourth-order valence-electron chi connectivity index (χ4n) is 2.17. The number of halogens is 1. The maximum absolute atomic E-state index is 13.3. The van der Waals surface area contributed by atoms with Crippen molar-refractivity contribution in [1.82, 2.24) is 0 Å². The minimum atomic E-state index is -0.516. The Morgan fingerprint density at radius 2 is 2.18 bits per heavy atom. The molecule has 0 radical (unpaired) electrons. The van der Waals surface area contributed by atoms with E-state index in [1.807, 2.05) is 6.07 Å². The summed E-state index contributed by atoms with van der Waals surface area (Å²) in [6.07, 6.45) is 1.80. The van der Waals surface area contributed by atoms with Gasteiger partial charge in [0.05, 0.1) is 6.61 Å². The molecule has 1 rings (SSSR count). The molecule has 2 nitrogen and oxygen atoms in total. The molecule has 1 aromatic carbocycles. The first-order valence-electron chi connectivity index (χ1n) is 6.15. The topological polar surface area (TPSA) is 46.2 Å². The molecule has 0 aliphatic heterocycles. The number of aliphatic hydroxyl groups is 1. The van der Waals surface area contributed by atoms with E-state index in [0.717, 1.165) is 18.4 Å². The van der Waals surface area contributed by atoms with Crippen LogP contribution in [0.3, 0.4) is 0 Å². The first kappa shape index (κ1) is 14.1. The molecule has 0 aromatic heterocycles. The van der Waals surface area contributed by atoms with Gasteiger partial charge in [-0.05, 0) is 30.0 Å². The van der Waals surface area contributed by atoms with Crippen molar-refractivity contribution in [2.24, 2.45) is 11.7 Å². The second kappa shape index (κ2) is 6.12. The molecule has 2 atom stereocenters. The lowest BCUT2D eigenvalue weighted by molar-refractivity contribution is 0.170. The fourth-order valence-corrected chi connectivity index (χ4v) is 2.17. The summed E-state index contributed by atoms with van der Waals surface area (Å²) in [6, 6.07) is 6.40. The number of benzene rings is 1. The van der Waals surface area contributed by atoms with Crippen LogP contribution in [-0.2, 0) is 5.41 Å². The van der Waals surface area contributed by atoms with Gasteiger partial charge in [0.1, 0.15) is 5.82 Å². The average Bonchev–Trinajstić information content (AvgIpc) is 2.35. The average molecular weight is 239 g/mol. The molecule has 0 aliphatic carbocycles. The van der Waals surface area contributed by atoms with Crippen LogP contribution >= 0.6 is 0 Å². The zero-order valence-corrected chi connectivity index (χ0v) is 10.6. The van der Waals surface area contributed by atoms with Gasteiger partial charge in [-0.3, -0.25) is 0 Å². The molecule has 96 valence electrons. The largest absolute Gasteiger partial charge is 0.395 e. The number of nitrogens with two attached hydrogens (primary N) is 1. The minimum Gasteiger partial charge on any atom is -0.395 e. The standard InChI is InChI=1S/C14H22FNO/c1-3-11(2)8-14(9-16,10-17)12-5-4-6-13(15)7-12/h4-7,11,17H,3,8-10,16H2,1-2H3. The quantitative estimate of drug-likeness (QED) is 0.801. The summed E-state index contributed by atoms with van der Waals surface area (Å²) >= 11 is 0. The lowest BCUT2D eigenvalue weighted by atomic mass is 9.74. The van der Waals surface area contributed by atoms with Crippen molar-refractivity contribution < 1.29 is 9.50 Å². The third kappa shape index (κ3) is 3.27. The number of rotatable bonds is 6. The summed E-state index contributed by atoms with van der Waals surface area (Å²) in [5.41, 5.74) is 6.10. The van der Waals surface area contributed by atoms with E-state index in [9.17, 15) is 9.50 Å². The second-order valence-corrected chi connectivity index (χ2v) is 4.87. The van der Waals surface area contributed by atoms with Crippen LogP contribution in [0.4, 0.5) is 4.39 Å². The van der Waals surface area contributed by atoms with Crippen LogP contribution in [-0.4, -0.2) is 18.3 Å². The first-order chi connectivity index (χ1) is 8.07. The summed E-state index contributed by atoms with van der Waals surface area (Å²) in [7, 11) is 0. The Labute approximate surface area is 103 Å². The van der Waals surface area contributed by atoms with Gasteiger partial charge in [0.25, 0.3) is 0 Å². The van der Waals surface area contributed by atoms with Crippen molar-refractivity contribution in [1.29, 1.82) is 0 Å². The van der Waals surface area contributed by atoms with Gasteiger partial charge in [-0.15, -0.1) is 0 Å². The highest BCUT2D eigenvalue weighted by Crippen LogP contribution is 2.31. The smallest absolute Gasteiger partial charge is 0.123 e. The lowest BCUT2D eigenvalue weighted by Crippen LogP contribution is -2.40. The van der Waals surface area contributed by atoms with Gasteiger partial charge in [0, 0.05) is 12.0 Å². The predicted octanol–water partition coefficient (Wildman–Crippen LogP) is 2.45. The van der Waals surface area contributed by atoms with Crippen LogP contribution in [0.2, 0.25) is 0 Å². The molecule has 0 heterocycles. The van der Waals surface area contributed by atoms with Gasteiger partial charge < -0.3 is 10.8 Å². The van der Waals surface area contributed by atoms with E-state index in [-0.39, 0.29) is 12.4 Å². The van der Waals surface area contributed by atoms with Crippen LogP contribution in [0.5, 0.6) is 0 Å². The third-order valence-electron chi connectivity index (χ3n) is 3.57. The van der Waals surface area contributed by atoms with Crippen molar-refractivity contribution in [3.05, 3.63) is 35.6 Å². The van der Waals surface area contributed by atoms with E-state index in [4.69, 9.17) is 5.73 Å². The molecule has 0 bridgehead atoms. The van der Waals surface area contributed by atoms with Crippen LogP contribution in [0, 0.1) is 11.7 Å². The zero-order chi connectivity index (χ0) is 12.9. The predicted molar refractivity (Wildman–Crippen MR) is 68.3 cm³/mol. The maximum atomic E-state index is 13.3. The third-order valence-corrected chi connectivity index (χ3v) is 3.57. The SMILES string of the molecule is CCC(C)CC(CN)(CO)c1cccc(F)c1. The molecule has 0 fully saturated rings. The van der Waals surface area contributed by atoms with Gasteiger partial charge in [-0.2, -0.15) is 0 Å². The van der Waals surface area contributed by atoms with Crippen molar-refractivity contribution in [3.63, 3.8) is 0 Å². The molecule has 2 unspecified atom stereocenters. The molecule has 0 spiro atoms. The Bertz CT molecular complexity index is 350. The van der Waals surface area contributed by atoms with Crippen molar-refractivity contribution in [2.45, 2.75) is 32.1 Å². The second-order valence-electron chi connectivity index (χ2n) is 4.87. The molecular weight excluding hydrogens is 217 g/mol. The van der Waals surface area contributed by atoms with Crippen molar-refractivity contribution >= 4 is 0 Å². The number of hydrogen-bond donors (Lipinski definition) is 2. The van der Waals surface area contributed by atoms with Crippen LogP contribution in [0.25, 0.3) is 0 Å². The van der Waals surface area contributed by atoms with Crippen molar-refractivity contribution in [2.75, 3.05) is 13.2 Å². The van der Waals surface area contributed by atoms with Gasteiger partial charge in [0.2, 0.25) is 0 Å². The Kier molecular flexibility index (Phi) is 5.09. The van der Waals surface area contributed by atoms with Gasteiger partial charge in [-0.25, -0.2) is 4.39 Å². The molecular formula is C14H22FNO. The van der Waals surface area contributed by atoms with Gasteiger partial charge in [0.15, 0.2) is 0 Å². The van der Waals surface area contributed by atoms with Crippen LogP contribution in [0.15, 0.2) is 24.3 Å². The van der Waals surface area contributed by atoms with E-state index < -0.39 is 5.41 Å². The summed E-state index contributed by atoms with van der Waals surface area (Å²) in [6.45, 7) is 4.52. The molecule has 3 heteroatoms. The molecule has 0 amide bonds. The maximum Gasteiger partial charge on any atom is 0.123 e. The van der Waals surface area contributed by atoms with E-state index >= 15 is 0 Å². The summed E-state index contributed by atoms with van der Waals surface area (Å²) in [5.74, 6) is 0.173. The molecule has 3 N–H and O–H groups in total. The Balaban J connectivity index is 3.06. The molecule has 17 heavy (non-hydrogen) atoms. The summed E-state index contributed by atoms with van der Waals surface area (Å²) < 4.78 is 13.3. The Morgan fingerprint density at radius 1 is 1.47 bits per heavy atom.